The van der Waals surface area contributed by atoms with Crippen LogP contribution in [-0.4, -0.2) is 31.6 Å². The van der Waals surface area contributed by atoms with Crippen molar-refractivity contribution in [3.8, 4) is 5.75 Å². The van der Waals surface area contributed by atoms with Crippen LogP contribution < -0.4 is 10.5 Å². The van der Waals surface area contributed by atoms with E-state index in [0.717, 1.165) is 0 Å². The first-order valence-electron chi connectivity index (χ1n) is 5.72. The number of hydrogen-bond donors (Lipinski definition) is 1. The van der Waals surface area contributed by atoms with Crippen LogP contribution in [0, 0.1) is 0 Å². The first kappa shape index (κ1) is 12.1. The minimum absolute atomic E-state index is 0.0572. The van der Waals surface area contributed by atoms with E-state index in [2.05, 4.69) is 0 Å². The van der Waals surface area contributed by atoms with Gasteiger partial charge in [0.25, 0.3) is 0 Å². The number of hydrogen-bond acceptors (Lipinski definition) is 4. The van der Waals surface area contributed by atoms with Gasteiger partial charge in [-0.2, -0.15) is 0 Å². The molecule has 0 radical (unpaired) electrons. The van der Waals surface area contributed by atoms with Gasteiger partial charge in [0, 0.05) is 13.2 Å². The molecule has 0 saturated carbocycles. The Morgan fingerprint density at radius 3 is 2.65 bits per heavy atom. The molecule has 1 aliphatic rings. The van der Waals surface area contributed by atoms with Gasteiger partial charge in [0.05, 0.1) is 18.2 Å². The highest BCUT2D eigenvalue weighted by Crippen LogP contribution is 2.27. The summed E-state index contributed by atoms with van der Waals surface area (Å²) in [5.41, 5.74) is 5.92. The summed E-state index contributed by atoms with van der Waals surface area (Å²) < 4.78 is 10.4. The lowest BCUT2D eigenvalue weighted by molar-refractivity contribution is 0.0446. The molecular weight excluding hydrogens is 218 g/mol. The average molecular weight is 235 g/mol. The van der Waals surface area contributed by atoms with E-state index in [1.165, 1.54) is 0 Å². The van der Waals surface area contributed by atoms with Crippen LogP contribution in [-0.2, 0) is 4.74 Å². The molecule has 0 bridgehead atoms. The summed E-state index contributed by atoms with van der Waals surface area (Å²) in [5.74, 6) is 0.520. The van der Waals surface area contributed by atoms with Crippen LogP contribution in [0.25, 0.3) is 0 Å². The highest BCUT2D eigenvalue weighted by Gasteiger charge is 2.37. The Morgan fingerprint density at radius 1 is 1.35 bits per heavy atom. The van der Waals surface area contributed by atoms with Crippen LogP contribution in [0.1, 0.15) is 23.2 Å². The maximum absolute atomic E-state index is 12.4. The molecule has 0 aromatic heterocycles. The molecule has 0 atom stereocenters. The Kier molecular flexibility index (Phi) is 3.45. The van der Waals surface area contributed by atoms with Crippen molar-refractivity contribution in [1.29, 1.82) is 0 Å². The van der Waals surface area contributed by atoms with Gasteiger partial charge < -0.3 is 15.2 Å². The number of Topliss-reactive ketones (excluding diaryl/α,β-unsaturated/α-hetero) is 1. The number of benzene rings is 1. The molecule has 17 heavy (non-hydrogen) atoms. The van der Waals surface area contributed by atoms with E-state index in [0.29, 0.717) is 37.4 Å². The number of ketones is 1. The minimum Gasteiger partial charge on any atom is -0.496 e. The summed E-state index contributed by atoms with van der Waals surface area (Å²) in [4.78, 5) is 12.4. The number of para-hydroxylation sites is 1. The lowest BCUT2D eigenvalue weighted by atomic mass is 9.83. The molecule has 0 amide bonds. The van der Waals surface area contributed by atoms with Gasteiger partial charge in [-0.05, 0) is 25.0 Å². The molecule has 2 rings (SSSR count). The summed E-state index contributed by atoms with van der Waals surface area (Å²) >= 11 is 0. The molecule has 0 spiro atoms. The first-order valence-corrected chi connectivity index (χ1v) is 5.72. The molecule has 1 fully saturated rings. The molecule has 1 aromatic carbocycles. The smallest absolute Gasteiger partial charge is 0.186 e. The molecule has 4 nitrogen and oxygen atoms in total. The Hall–Kier alpha value is -1.39. The van der Waals surface area contributed by atoms with Crippen molar-refractivity contribution in [1.82, 2.24) is 0 Å². The molecule has 92 valence electrons. The van der Waals surface area contributed by atoms with Crippen molar-refractivity contribution in [3.05, 3.63) is 29.8 Å². The van der Waals surface area contributed by atoms with Crippen LogP contribution in [0.5, 0.6) is 5.75 Å². The quantitative estimate of drug-likeness (QED) is 0.804. The third-order valence-corrected chi connectivity index (χ3v) is 3.19. The minimum atomic E-state index is -0.813. The van der Waals surface area contributed by atoms with Crippen LogP contribution in [0.4, 0.5) is 0 Å². The van der Waals surface area contributed by atoms with Gasteiger partial charge >= 0.3 is 0 Å². The zero-order valence-electron chi connectivity index (χ0n) is 9.94. The highest BCUT2D eigenvalue weighted by atomic mass is 16.5. The topological polar surface area (TPSA) is 61.5 Å². The fourth-order valence-electron chi connectivity index (χ4n) is 2.06. The monoisotopic (exact) mass is 235 g/mol. The average Bonchev–Trinajstić information content (AvgIpc) is 2.38. The SMILES string of the molecule is COc1ccccc1C(=O)C1(N)CCOCC1. The summed E-state index contributed by atoms with van der Waals surface area (Å²) in [6, 6.07) is 7.18. The van der Waals surface area contributed by atoms with Gasteiger partial charge in [-0.15, -0.1) is 0 Å². The standard InChI is InChI=1S/C13H17NO3/c1-16-11-5-3-2-4-10(11)12(15)13(14)6-8-17-9-7-13/h2-5H,6-9,14H2,1H3. The summed E-state index contributed by atoms with van der Waals surface area (Å²) in [6.45, 7) is 1.08. The van der Waals surface area contributed by atoms with Gasteiger partial charge in [0.15, 0.2) is 5.78 Å². The van der Waals surface area contributed by atoms with Gasteiger partial charge in [0.2, 0.25) is 0 Å². The number of nitrogens with two attached hydrogens (primary N) is 1. The van der Waals surface area contributed by atoms with Gasteiger partial charge in [-0.3, -0.25) is 4.79 Å². The molecular formula is C13H17NO3. The second-order valence-electron chi connectivity index (χ2n) is 4.30. The molecule has 2 N–H and O–H groups in total. The van der Waals surface area contributed by atoms with Gasteiger partial charge in [0.1, 0.15) is 5.75 Å². The number of rotatable bonds is 3. The summed E-state index contributed by atoms with van der Waals surface area (Å²) in [6.07, 6.45) is 1.12. The van der Waals surface area contributed by atoms with E-state index in [-0.39, 0.29) is 5.78 Å². The number of methoxy groups -OCH3 is 1. The maximum Gasteiger partial charge on any atom is 0.186 e. The third kappa shape index (κ3) is 2.33. The zero-order valence-corrected chi connectivity index (χ0v) is 9.94. The third-order valence-electron chi connectivity index (χ3n) is 3.19. The number of ether oxygens (including phenoxy) is 2. The van der Waals surface area contributed by atoms with Crippen molar-refractivity contribution in [2.24, 2.45) is 5.73 Å². The molecule has 0 unspecified atom stereocenters. The molecule has 1 saturated heterocycles. The lowest BCUT2D eigenvalue weighted by Crippen LogP contribution is -2.52. The Morgan fingerprint density at radius 2 is 2.00 bits per heavy atom. The van der Waals surface area contributed by atoms with Crippen LogP contribution in [0.2, 0.25) is 0 Å². The fraction of sp³-hybridized carbons (Fsp3) is 0.462. The first-order chi connectivity index (χ1) is 8.17. The molecule has 4 heteroatoms. The van der Waals surface area contributed by atoms with Crippen molar-refractivity contribution >= 4 is 5.78 Å². The Bertz CT molecular complexity index is 411. The van der Waals surface area contributed by atoms with Crippen molar-refractivity contribution in [2.75, 3.05) is 20.3 Å². The fourth-order valence-corrected chi connectivity index (χ4v) is 2.06. The molecule has 1 heterocycles. The van der Waals surface area contributed by atoms with E-state index >= 15 is 0 Å². The summed E-state index contributed by atoms with van der Waals surface area (Å²) in [5, 5.41) is 0. The van der Waals surface area contributed by atoms with Crippen molar-refractivity contribution < 1.29 is 14.3 Å². The lowest BCUT2D eigenvalue weighted by Gasteiger charge is -2.32. The van der Waals surface area contributed by atoms with Crippen LogP contribution >= 0.6 is 0 Å². The van der Waals surface area contributed by atoms with E-state index in [1.54, 1.807) is 19.2 Å². The zero-order chi connectivity index (χ0) is 12.3. The normalized spacial score (nSPS) is 18.7. The molecule has 0 aliphatic carbocycles. The van der Waals surface area contributed by atoms with Crippen LogP contribution in [0.15, 0.2) is 24.3 Å². The highest BCUT2D eigenvalue weighted by molar-refractivity contribution is 6.05. The van der Waals surface area contributed by atoms with E-state index < -0.39 is 5.54 Å². The Labute approximate surface area is 101 Å². The maximum atomic E-state index is 12.4. The van der Waals surface area contributed by atoms with Gasteiger partial charge in [-0.25, -0.2) is 0 Å². The van der Waals surface area contributed by atoms with E-state index in [4.69, 9.17) is 15.2 Å². The second-order valence-corrected chi connectivity index (χ2v) is 4.30. The predicted octanol–water partition coefficient (Wildman–Crippen LogP) is 1.39. The van der Waals surface area contributed by atoms with E-state index in [9.17, 15) is 4.79 Å². The Balaban J connectivity index is 2.29. The van der Waals surface area contributed by atoms with Crippen LogP contribution in [0.3, 0.4) is 0 Å². The second kappa shape index (κ2) is 4.85. The van der Waals surface area contributed by atoms with E-state index in [1.807, 2.05) is 12.1 Å². The van der Waals surface area contributed by atoms with Crippen molar-refractivity contribution in [2.45, 2.75) is 18.4 Å². The largest absolute Gasteiger partial charge is 0.496 e. The molecule has 1 aliphatic heterocycles. The number of carbonyl (C=O) groups is 1. The van der Waals surface area contributed by atoms with Crippen molar-refractivity contribution in [3.63, 3.8) is 0 Å². The predicted molar refractivity (Wildman–Crippen MR) is 64.3 cm³/mol. The number of carbonyl (C=O) groups excluding carboxylic acids is 1. The van der Waals surface area contributed by atoms with Gasteiger partial charge in [-0.1, -0.05) is 12.1 Å². The molecule has 1 aromatic rings. The summed E-state index contributed by atoms with van der Waals surface area (Å²) in [7, 11) is 1.55.